The van der Waals surface area contributed by atoms with Crippen molar-refractivity contribution in [3.8, 4) is 0 Å². The first-order valence-electron chi connectivity index (χ1n) is 4.01. The molecule has 0 radical (unpaired) electrons. The fraction of sp³-hybridized carbons (Fsp3) is 0.625. The summed E-state index contributed by atoms with van der Waals surface area (Å²) in [5, 5.41) is 21.3. The Bertz CT molecular complexity index is 251. The van der Waals surface area contributed by atoms with E-state index in [0.717, 1.165) is 11.5 Å². The summed E-state index contributed by atoms with van der Waals surface area (Å²) >= 11 is 1.51. The molecule has 74 valence electrons. The molecule has 0 saturated heterocycles. The molecule has 1 aromatic heterocycles. The van der Waals surface area contributed by atoms with E-state index >= 15 is 0 Å². The number of hydrogen-bond donors (Lipinski definition) is 2. The molecule has 0 spiro atoms. The van der Waals surface area contributed by atoms with Crippen molar-refractivity contribution >= 4 is 11.8 Å². The second-order valence-corrected chi connectivity index (χ2v) is 3.82. The summed E-state index contributed by atoms with van der Waals surface area (Å²) < 4.78 is 4.96. The van der Waals surface area contributed by atoms with Gasteiger partial charge in [-0.2, -0.15) is 11.8 Å². The fourth-order valence-electron chi connectivity index (χ4n) is 0.833. The largest absolute Gasteiger partial charge is 0.394 e. The second-order valence-electron chi connectivity index (χ2n) is 2.79. The normalized spacial score (nSPS) is 13.2. The maximum atomic E-state index is 9.02. The van der Waals surface area contributed by atoms with Gasteiger partial charge in [-0.1, -0.05) is 5.16 Å². The molecular weight excluding hydrogens is 190 g/mol. The van der Waals surface area contributed by atoms with Gasteiger partial charge >= 0.3 is 0 Å². The van der Waals surface area contributed by atoms with Crippen LogP contribution in [0.25, 0.3) is 0 Å². The Kier molecular flexibility index (Phi) is 4.27. The number of aliphatic hydroxyl groups excluding tert-OH is 2. The maximum Gasteiger partial charge on any atom is 0.146 e. The lowest BCUT2D eigenvalue weighted by Crippen LogP contribution is -2.14. The van der Waals surface area contributed by atoms with Crippen LogP contribution in [0, 0.1) is 6.92 Å². The van der Waals surface area contributed by atoms with E-state index in [0.29, 0.717) is 11.5 Å². The van der Waals surface area contributed by atoms with Gasteiger partial charge in [0.1, 0.15) is 5.76 Å². The van der Waals surface area contributed by atoms with E-state index in [9.17, 15) is 0 Å². The summed E-state index contributed by atoms with van der Waals surface area (Å²) in [5.74, 6) is 1.99. The van der Waals surface area contributed by atoms with Gasteiger partial charge in [0.05, 0.1) is 24.2 Å². The zero-order valence-corrected chi connectivity index (χ0v) is 8.25. The lowest BCUT2D eigenvalue weighted by atomic mass is 10.4. The quantitative estimate of drug-likeness (QED) is 0.732. The first-order chi connectivity index (χ1) is 6.22. The first-order valence-corrected chi connectivity index (χ1v) is 5.16. The number of aromatic nitrogens is 1. The summed E-state index contributed by atoms with van der Waals surface area (Å²) in [4.78, 5) is 0. The standard InChI is InChI=1S/C8H13NO3S/c1-6-2-8(12-9-6)5-13-4-7(11)3-10/h2,7,10-11H,3-5H2,1H3. The van der Waals surface area contributed by atoms with E-state index in [1.54, 1.807) is 0 Å². The van der Waals surface area contributed by atoms with Crippen molar-refractivity contribution in [3.63, 3.8) is 0 Å². The van der Waals surface area contributed by atoms with E-state index < -0.39 is 6.10 Å². The van der Waals surface area contributed by atoms with Crippen molar-refractivity contribution < 1.29 is 14.7 Å². The molecule has 13 heavy (non-hydrogen) atoms. The highest BCUT2D eigenvalue weighted by atomic mass is 32.2. The third-order valence-corrected chi connectivity index (χ3v) is 2.55. The smallest absolute Gasteiger partial charge is 0.146 e. The van der Waals surface area contributed by atoms with Crippen LogP contribution in [-0.2, 0) is 5.75 Å². The highest BCUT2D eigenvalue weighted by molar-refractivity contribution is 7.98. The Balaban J connectivity index is 2.20. The van der Waals surface area contributed by atoms with Crippen LogP contribution >= 0.6 is 11.8 Å². The van der Waals surface area contributed by atoms with Crippen molar-refractivity contribution in [2.75, 3.05) is 12.4 Å². The zero-order chi connectivity index (χ0) is 9.68. The van der Waals surface area contributed by atoms with Crippen LogP contribution in [0.5, 0.6) is 0 Å². The SMILES string of the molecule is Cc1cc(CSCC(O)CO)on1. The average Bonchev–Trinajstić information content (AvgIpc) is 2.51. The molecule has 0 bridgehead atoms. The summed E-state index contributed by atoms with van der Waals surface area (Å²) in [5.41, 5.74) is 0.860. The van der Waals surface area contributed by atoms with Crippen molar-refractivity contribution in [2.24, 2.45) is 0 Å². The van der Waals surface area contributed by atoms with E-state index in [1.807, 2.05) is 13.0 Å². The summed E-state index contributed by atoms with van der Waals surface area (Å²) in [6.07, 6.45) is -0.644. The molecule has 1 rings (SSSR count). The van der Waals surface area contributed by atoms with Crippen LogP contribution in [0.2, 0.25) is 0 Å². The minimum absolute atomic E-state index is 0.192. The molecule has 0 amide bonds. The number of aliphatic hydroxyl groups is 2. The van der Waals surface area contributed by atoms with Crippen LogP contribution in [0.1, 0.15) is 11.5 Å². The molecule has 4 nitrogen and oxygen atoms in total. The van der Waals surface area contributed by atoms with Crippen LogP contribution in [-0.4, -0.2) is 33.8 Å². The van der Waals surface area contributed by atoms with E-state index in [4.69, 9.17) is 14.7 Å². The van der Waals surface area contributed by atoms with Crippen LogP contribution in [0.4, 0.5) is 0 Å². The Hall–Kier alpha value is -0.520. The van der Waals surface area contributed by atoms with E-state index in [1.165, 1.54) is 11.8 Å². The van der Waals surface area contributed by atoms with Crippen LogP contribution in [0.3, 0.4) is 0 Å². The van der Waals surface area contributed by atoms with Gasteiger partial charge in [-0.15, -0.1) is 0 Å². The third kappa shape index (κ3) is 3.80. The molecule has 1 atom stereocenters. The van der Waals surface area contributed by atoms with Gasteiger partial charge in [-0.05, 0) is 6.92 Å². The van der Waals surface area contributed by atoms with Gasteiger partial charge in [0.2, 0.25) is 0 Å². The fourth-order valence-corrected chi connectivity index (χ4v) is 1.67. The summed E-state index contributed by atoms with van der Waals surface area (Å²) in [6, 6.07) is 1.86. The Morgan fingerprint density at radius 2 is 2.46 bits per heavy atom. The highest BCUT2D eigenvalue weighted by Gasteiger charge is 2.04. The highest BCUT2D eigenvalue weighted by Crippen LogP contribution is 2.13. The lowest BCUT2D eigenvalue weighted by Gasteiger charge is -2.03. The second kappa shape index (κ2) is 5.26. The van der Waals surface area contributed by atoms with E-state index in [-0.39, 0.29) is 6.61 Å². The molecule has 0 aliphatic heterocycles. The van der Waals surface area contributed by atoms with Crippen molar-refractivity contribution in [2.45, 2.75) is 18.8 Å². The topological polar surface area (TPSA) is 66.5 Å². The molecule has 0 fully saturated rings. The van der Waals surface area contributed by atoms with Gasteiger partial charge in [0.15, 0.2) is 0 Å². The Morgan fingerprint density at radius 3 is 3.00 bits per heavy atom. The number of thioether (sulfide) groups is 1. The average molecular weight is 203 g/mol. The summed E-state index contributed by atoms with van der Waals surface area (Å²) in [6.45, 7) is 1.67. The number of aryl methyl sites for hydroxylation is 1. The third-order valence-electron chi connectivity index (χ3n) is 1.44. The monoisotopic (exact) mass is 203 g/mol. The molecule has 1 aromatic rings. The first kappa shape index (κ1) is 10.6. The molecular formula is C8H13NO3S. The molecule has 0 saturated carbocycles. The maximum absolute atomic E-state index is 9.02. The van der Waals surface area contributed by atoms with Crippen molar-refractivity contribution in [3.05, 3.63) is 17.5 Å². The molecule has 5 heteroatoms. The van der Waals surface area contributed by atoms with Crippen molar-refractivity contribution in [1.29, 1.82) is 0 Å². The minimum Gasteiger partial charge on any atom is -0.394 e. The lowest BCUT2D eigenvalue weighted by molar-refractivity contribution is 0.113. The Morgan fingerprint density at radius 1 is 1.69 bits per heavy atom. The predicted octanol–water partition coefficient (Wildman–Crippen LogP) is 0.569. The van der Waals surface area contributed by atoms with Gasteiger partial charge in [0, 0.05) is 11.8 Å². The minimum atomic E-state index is -0.644. The van der Waals surface area contributed by atoms with Gasteiger partial charge < -0.3 is 14.7 Å². The molecule has 0 aromatic carbocycles. The molecule has 1 heterocycles. The number of rotatable bonds is 5. The van der Waals surface area contributed by atoms with Gasteiger partial charge in [0.25, 0.3) is 0 Å². The predicted molar refractivity (Wildman–Crippen MR) is 50.5 cm³/mol. The van der Waals surface area contributed by atoms with Gasteiger partial charge in [-0.3, -0.25) is 0 Å². The number of hydrogen-bond acceptors (Lipinski definition) is 5. The van der Waals surface area contributed by atoms with Crippen LogP contribution in [0.15, 0.2) is 10.6 Å². The van der Waals surface area contributed by atoms with Crippen molar-refractivity contribution in [1.82, 2.24) is 5.16 Å². The van der Waals surface area contributed by atoms with Gasteiger partial charge in [-0.25, -0.2) is 0 Å². The number of nitrogens with zero attached hydrogens (tertiary/aromatic N) is 1. The molecule has 0 aliphatic carbocycles. The Labute approximate surface area is 80.9 Å². The molecule has 0 aliphatic rings. The zero-order valence-electron chi connectivity index (χ0n) is 7.43. The molecule has 1 unspecified atom stereocenters. The van der Waals surface area contributed by atoms with Crippen LogP contribution < -0.4 is 0 Å². The van der Waals surface area contributed by atoms with E-state index in [2.05, 4.69) is 5.16 Å². The molecule has 2 N–H and O–H groups in total. The summed E-state index contributed by atoms with van der Waals surface area (Å²) in [7, 11) is 0.